The number of aromatic nitrogens is 1. The molecule has 3 rings (SSSR count). The van der Waals surface area contributed by atoms with Crippen LogP contribution in [0.1, 0.15) is 53.3 Å². The lowest BCUT2D eigenvalue weighted by atomic mass is 10.1. The van der Waals surface area contributed by atoms with Gasteiger partial charge in [0.1, 0.15) is 23.8 Å². The van der Waals surface area contributed by atoms with E-state index in [0.29, 0.717) is 16.5 Å². The van der Waals surface area contributed by atoms with Crippen LogP contribution in [-0.2, 0) is 27.4 Å². The van der Waals surface area contributed by atoms with E-state index >= 15 is 0 Å². The van der Waals surface area contributed by atoms with E-state index in [-0.39, 0.29) is 24.5 Å². The molecule has 0 aliphatic rings. The summed E-state index contributed by atoms with van der Waals surface area (Å²) < 4.78 is 18.3. The molecule has 7 heteroatoms. The maximum Gasteiger partial charge on any atom is 0.374 e. The zero-order valence-electron chi connectivity index (χ0n) is 18.7. The number of hydrogen-bond acceptors (Lipinski definition) is 6. The van der Waals surface area contributed by atoms with Gasteiger partial charge in [-0.3, -0.25) is 0 Å². The van der Waals surface area contributed by atoms with Gasteiger partial charge in [-0.2, -0.15) is 5.26 Å². The highest BCUT2D eigenvalue weighted by Gasteiger charge is 2.23. The third kappa shape index (κ3) is 4.59. The molecular formula is C25H26N2O5. The largest absolute Gasteiger partial charge is 0.460 e. The first-order chi connectivity index (χ1) is 15.4. The molecule has 0 aliphatic heterocycles. The molecule has 2 aromatic heterocycles. The minimum absolute atomic E-state index is 0.00792. The first kappa shape index (κ1) is 22.9. The predicted octanol–water partition coefficient (Wildman–Crippen LogP) is 5.09. The van der Waals surface area contributed by atoms with Crippen molar-refractivity contribution in [2.75, 3.05) is 6.61 Å². The average Bonchev–Trinajstić information content (AvgIpc) is 3.28. The predicted molar refractivity (Wildman–Crippen MR) is 120 cm³/mol. The summed E-state index contributed by atoms with van der Waals surface area (Å²) in [6.45, 7) is 8.56. The molecule has 0 radical (unpaired) electrons. The smallest absolute Gasteiger partial charge is 0.374 e. The Morgan fingerprint density at radius 1 is 1.19 bits per heavy atom. The summed E-state index contributed by atoms with van der Waals surface area (Å²) in [5, 5.41) is 10.2. The van der Waals surface area contributed by atoms with Crippen molar-refractivity contribution in [3.8, 4) is 6.07 Å². The van der Waals surface area contributed by atoms with E-state index in [1.54, 1.807) is 31.2 Å². The van der Waals surface area contributed by atoms with Crippen LogP contribution >= 0.6 is 0 Å². The second-order valence-corrected chi connectivity index (χ2v) is 7.35. The van der Waals surface area contributed by atoms with Crippen LogP contribution in [0.25, 0.3) is 17.0 Å². The fraction of sp³-hybridized carbons (Fsp3) is 0.320. The van der Waals surface area contributed by atoms with Crippen molar-refractivity contribution in [3.05, 3.63) is 64.2 Å². The fourth-order valence-corrected chi connectivity index (χ4v) is 3.65. The standard InChI is InChI=1S/C25H26N2O5/c1-5-11-27-16(3)12-18(17(27)4)13-19(14-26)24(28)31-15-21-20-9-7-8-10-22(20)32-23(21)25(29)30-6-2/h7-10,12-13H,5-6,11,15H2,1-4H3/b19-13+. The molecular weight excluding hydrogens is 408 g/mol. The molecule has 3 aromatic rings. The SMILES string of the molecule is CCCn1c(C)cc(/C=C(\C#N)C(=O)OCc2c(C(=O)OCC)oc3ccccc23)c1C. The van der Waals surface area contributed by atoms with Crippen LogP contribution < -0.4 is 0 Å². The summed E-state index contributed by atoms with van der Waals surface area (Å²) in [5.41, 5.74) is 3.62. The first-order valence-corrected chi connectivity index (χ1v) is 10.5. The van der Waals surface area contributed by atoms with Gasteiger partial charge in [-0.05, 0) is 51.0 Å². The summed E-state index contributed by atoms with van der Waals surface area (Å²) in [7, 11) is 0. The summed E-state index contributed by atoms with van der Waals surface area (Å²) in [4.78, 5) is 25.0. The zero-order chi connectivity index (χ0) is 23.3. The normalized spacial score (nSPS) is 11.4. The Hall–Kier alpha value is -3.79. The molecule has 0 unspecified atom stereocenters. The van der Waals surface area contributed by atoms with Gasteiger partial charge in [-0.25, -0.2) is 9.59 Å². The molecule has 0 atom stereocenters. The van der Waals surface area contributed by atoms with E-state index in [1.165, 1.54) is 6.08 Å². The Bertz CT molecular complexity index is 1220. The highest BCUT2D eigenvalue weighted by atomic mass is 16.5. The highest BCUT2D eigenvalue weighted by Crippen LogP contribution is 2.28. The molecule has 166 valence electrons. The molecule has 32 heavy (non-hydrogen) atoms. The number of carbonyl (C=O) groups excluding carboxylic acids is 2. The van der Waals surface area contributed by atoms with Gasteiger partial charge in [-0.1, -0.05) is 25.1 Å². The highest BCUT2D eigenvalue weighted by molar-refractivity contribution is 5.99. The van der Waals surface area contributed by atoms with Gasteiger partial charge in [0.15, 0.2) is 0 Å². The van der Waals surface area contributed by atoms with Gasteiger partial charge in [0.2, 0.25) is 5.76 Å². The molecule has 7 nitrogen and oxygen atoms in total. The maximum atomic E-state index is 12.7. The number of rotatable bonds is 8. The Kier molecular flexibility index (Phi) is 7.16. The maximum absolute atomic E-state index is 12.7. The molecule has 1 aromatic carbocycles. The molecule has 0 saturated heterocycles. The summed E-state index contributed by atoms with van der Waals surface area (Å²) in [6, 6.07) is 10.9. The monoisotopic (exact) mass is 434 g/mol. The van der Waals surface area contributed by atoms with E-state index in [2.05, 4.69) is 11.5 Å². The molecule has 2 heterocycles. The number of ether oxygens (including phenoxy) is 2. The minimum atomic E-state index is -0.770. The van der Waals surface area contributed by atoms with Crippen molar-refractivity contribution in [2.45, 2.75) is 47.3 Å². The van der Waals surface area contributed by atoms with E-state index in [9.17, 15) is 14.9 Å². The van der Waals surface area contributed by atoms with Crippen LogP contribution in [0.2, 0.25) is 0 Å². The number of para-hydroxylation sites is 1. The topological polar surface area (TPSA) is 94.5 Å². The lowest BCUT2D eigenvalue weighted by Crippen LogP contribution is -2.10. The number of hydrogen-bond donors (Lipinski definition) is 0. The fourth-order valence-electron chi connectivity index (χ4n) is 3.65. The Labute approximate surface area is 186 Å². The summed E-state index contributed by atoms with van der Waals surface area (Å²) in [6.07, 6.45) is 2.52. The van der Waals surface area contributed by atoms with Crippen molar-refractivity contribution in [2.24, 2.45) is 0 Å². The first-order valence-electron chi connectivity index (χ1n) is 10.5. The Balaban J connectivity index is 1.86. The summed E-state index contributed by atoms with van der Waals surface area (Å²) in [5.74, 6) is -1.41. The van der Waals surface area contributed by atoms with Gasteiger partial charge in [0, 0.05) is 23.3 Å². The van der Waals surface area contributed by atoms with E-state index < -0.39 is 11.9 Å². The average molecular weight is 434 g/mol. The molecule has 0 amide bonds. The van der Waals surface area contributed by atoms with Crippen LogP contribution in [0.15, 0.2) is 40.3 Å². The van der Waals surface area contributed by atoms with Gasteiger partial charge in [0.05, 0.1) is 12.2 Å². The lowest BCUT2D eigenvalue weighted by molar-refractivity contribution is -0.139. The molecule has 0 spiro atoms. The van der Waals surface area contributed by atoms with Crippen LogP contribution in [0.3, 0.4) is 0 Å². The van der Waals surface area contributed by atoms with Gasteiger partial charge in [0.25, 0.3) is 0 Å². The number of furan rings is 1. The quantitative estimate of drug-likeness (QED) is 0.278. The second kappa shape index (κ2) is 10.0. The zero-order valence-corrected chi connectivity index (χ0v) is 18.7. The third-order valence-electron chi connectivity index (χ3n) is 5.21. The number of benzene rings is 1. The Morgan fingerprint density at radius 3 is 2.62 bits per heavy atom. The van der Waals surface area contributed by atoms with E-state index in [4.69, 9.17) is 13.9 Å². The van der Waals surface area contributed by atoms with Crippen molar-refractivity contribution in [3.63, 3.8) is 0 Å². The van der Waals surface area contributed by atoms with Crippen LogP contribution in [0.4, 0.5) is 0 Å². The van der Waals surface area contributed by atoms with Crippen molar-refractivity contribution in [1.29, 1.82) is 5.26 Å². The summed E-state index contributed by atoms with van der Waals surface area (Å²) >= 11 is 0. The number of nitriles is 1. The lowest BCUT2D eigenvalue weighted by Gasteiger charge is -2.07. The van der Waals surface area contributed by atoms with Gasteiger partial charge < -0.3 is 18.5 Å². The third-order valence-corrected chi connectivity index (χ3v) is 5.21. The van der Waals surface area contributed by atoms with Gasteiger partial charge in [-0.15, -0.1) is 0 Å². The van der Waals surface area contributed by atoms with Crippen LogP contribution in [-0.4, -0.2) is 23.1 Å². The molecule has 0 fully saturated rings. The van der Waals surface area contributed by atoms with Crippen LogP contribution in [0.5, 0.6) is 0 Å². The number of esters is 2. The Morgan fingerprint density at radius 2 is 1.94 bits per heavy atom. The number of aryl methyl sites for hydroxylation is 1. The van der Waals surface area contributed by atoms with E-state index in [0.717, 1.165) is 29.9 Å². The molecule has 0 aliphatic carbocycles. The second-order valence-electron chi connectivity index (χ2n) is 7.35. The molecule has 0 bridgehead atoms. The number of carbonyl (C=O) groups is 2. The van der Waals surface area contributed by atoms with Crippen molar-refractivity contribution < 1.29 is 23.5 Å². The minimum Gasteiger partial charge on any atom is -0.460 e. The van der Waals surface area contributed by atoms with Crippen LogP contribution in [0, 0.1) is 25.2 Å². The van der Waals surface area contributed by atoms with Crippen molar-refractivity contribution >= 4 is 29.0 Å². The van der Waals surface area contributed by atoms with E-state index in [1.807, 2.05) is 26.0 Å². The number of nitrogens with zero attached hydrogens (tertiary/aromatic N) is 2. The van der Waals surface area contributed by atoms with Gasteiger partial charge >= 0.3 is 11.9 Å². The number of fused-ring (bicyclic) bond motifs is 1. The van der Waals surface area contributed by atoms with Crippen molar-refractivity contribution in [1.82, 2.24) is 4.57 Å². The molecule has 0 saturated carbocycles. The molecule has 0 N–H and O–H groups in total.